The summed E-state index contributed by atoms with van der Waals surface area (Å²) in [4.78, 5) is 17.0. The number of nitrogens with zero attached hydrogens (tertiary/aromatic N) is 4. The van der Waals surface area contributed by atoms with Gasteiger partial charge < -0.3 is 10.2 Å². The minimum Gasteiger partial charge on any atom is -0.355 e. The maximum absolute atomic E-state index is 12.5. The molecular weight excluding hydrogens is 326 g/mol. The van der Waals surface area contributed by atoms with E-state index in [0.717, 1.165) is 44.2 Å². The number of rotatable bonds is 7. The van der Waals surface area contributed by atoms with Crippen LogP contribution >= 0.6 is 0 Å². The van der Waals surface area contributed by atoms with Crippen molar-refractivity contribution in [3.8, 4) is 0 Å². The normalized spacial score (nSPS) is 14.0. The second-order valence-corrected chi connectivity index (χ2v) is 6.59. The van der Waals surface area contributed by atoms with Gasteiger partial charge in [-0.3, -0.25) is 9.69 Å². The van der Waals surface area contributed by atoms with E-state index < -0.39 is 0 Å². The first-order valence-corrected chi connectivity index (χ1v) is 9.41. The third-order valence-corrected chi connectivity index (χ3v) is 4.80. The molecule has 1 aliphatic heterocycles. The molecule has 1 aliphatic rings. The van der Waals surface area contributed by atoms with Gasteiger partial charge in [0.05, 0.1) is 0 Å². The summed E-state index contributed by atoms with van der Waals surface area (Å²) in [5.41, 5.74) is 2.30. The molecule has 0 atom stereocenters. The second kappa shape index (κ2) is 8.76. The van der Waals surface area contributed by atoms with Crippen LogP contribution in [0.5, 0.6) is 0 Å². The summed E-state index contributed by atoms with van der Waals surface area (Å²) >= 11 is 0. The summed E-state index contributed by atoms with van der Waals surface area (Å²) in [6.07, 6.45) is 2.38. The zero-order valence-corrected chi connectivity index (χ0v) is 15.6. The predicted octanol–water partition coefficient (Wildman–Crippen LogP) is 3.17. The molecule has 6 heteroatoms. The molecule has 1 aromatic carbocycles. The van der Waals surface area contributed by atoms with Gasteiger partial charge in [0.15, 0.2) is 11.5 Å². The molecular formula is C20H27N5O. The van der Waals surface area contributed by atoms with Crippen LogP contribution in [0.3, 0.4) is 0 Å². The van der Waals surface area contributed by atoms with Crippen molar-refractivity contribution in [2.75, 3.05) is 36.4 Å². The monoisotopic (exact) mass is 353 g/mol. The Morgan fingerprint density at radius 1 is 1.12 bits per heavy atom. The summed E-state index contributed by atoms with van der Waals surface area (Å²) in [6.45, 7) is 9.22. The van der Waals surface area contributed by atoms with Gasteiger partial charge in [-0.2, -0.15) is 0 Å². The molecule has 3 rings (SSSR count). The van der Waals surface area contributed by atoms with Crippen LogP contribution in [0, 0.1) is 0 Å². The van der Waals surface area contributed by atoms with Gasteiger partial charge in [-0.15, -0.1) is 10.2 Å². The molecule has 1 amide bonds. The van der Waals surface area contributed by atoms with E-state index in [1.807, 2.05) is 24.3 Å². The average molecular weight is 353 g/mol. The predicted molar refractivity (Wildman–Crippen MR) is 104 cm³/mol. The van der Waals surface area contributed by atoms with Crippen molar-refractivity contribution in [3.63, 3.8) is 0 Å². The maximum Gasteiger partial charge on any atom is 0.276 e. The van der Waals surface area contributed by atoms with Gasteiger partial charge in [0.25, 0.3) is 5.91 Å². The number of hydrogen-bond acceptors (Lipinski definition) is 5. The van der Waals surface area contributed by atoms with E-state index >= 15 is 0 Å². The highest BCUT2D eigenvalue weighted by Gasteiger charge is 2.15. The number of hydrogen-bond donors (Lipinski definition) is 1. The SMILES string of the molecule is CCN(CC)Cc1cccc(NC(=O)c2ccc(N3CCCC3)nn2)c1. The van der Waals surface area contributed by atoms with E-state index in [0.29, 0.717) is 5.69 Å². The van der Waals surface area contributed by atoms with Crippen LogP contribution in [0.15, 0.2) is 36.4 Å². The van der Waals surface area contributed by atoms with Gasteiger partial charge >= 0.3 is 0 Å². The highest BCUT2D eigenvalue weighted by atomic mass is 16.1. The van der Waals surface area contributed by atoms with Gasteiger partial charge in [0.2, 0.25) is 0 Å². The molecule has 1 N–H and O–H groups in total. The summed E-state index contributed by atoms with van der Waals surface area (Å²) in [6, 6.07) is 11.6. The summed E-state index contributed by atoms with van der Waals surface area (Å²) in [5.74, 6) is 0.616. The Bertz CT molecular complexity index is 721. The van der Waals surface area contributed by atoms with Crippen molar-refractivity contribution in [1.82, 2.24) is 15.1 Å². The number of carbonyl (C=O) groups is 1. The van der Waals surface area contributed by atoms with Crippen LogP contribution in [-0.2, 0) is 6.54 Å². The molecule has 1 aromatic heterocycles. The van der Waals surface area contributed by atoms with Crippen LogP contribution < -0.4 is 10.2 Å². The summed E-state index contributed by atoms with van der Waals surface area (Å²) in [5, 5.41) is 11.2. The van der Waals surface area contributed by atoms with Crippen molar-refractivity contribution in [3.05, 3.63) is 47.7 Å². The fraction of sp³-hybridized carbons (Fsp3) is 0.450. The number of anilines is 2. The molecule has 1 saturated heterocycles. The molecule has 0 saturated carbocycles. The first-order valence-electron chi connectivity index (χ1n) is 9.41. The highest BCUT2D eigenvalue weighted by molar-refractivity contribution is 6.02. The number of nitrogens with one attached hydrogen (secondary N) is 1. The maximum atomic E-state index is 12.5. The molecule has 26 heavy (non-hydrogen) atoms. The van der Waals surface area contributed by atoms with E-state index in [1.165, 1.54) is 18.4 Å². The van der Waals surface area contributed by atoms with Crippen molar-refractivity contribution in [2.24, 2.45) is 0 Å². The lowest BCUT2D eigenvalue weighted by atomic mass is 10.2. The molecule has 2 heterocycles. The third kappa shape index (κ3) is 4.58. The van der Waals surface area contributed by atoms with Gasteiger partial charge in [0, 0.05) is 25.3 Å². The molecule has 0 spiro atoms. The third-order valence-electron chi connectivity index (χ3n) is 4.80. The molecule has 138 valence electrons. The zero-order valence-electron chi connectivity index (χ0n) is 15.6. The first kappa shape index (κ1) is 18.3. The average Bonchev–Trinajstić information content (AvgIpc) is 3.21. The topological polar surface area (TPSA) is 61.4 Å². The van der Waals surface area contributed by atoms with Crippen molar-refractivity contribution in [1.29, 1.82) is 0 Å². The van der Waals surface area contributed by atoms with E-state index in [-0.39, 0.29) is 5.91 Å². The Labute approximate surface area is 155 Å². The molecule has 0 radical (unpaired) electrons. The van der Waals surface area contributed by atoms with Gasteiger partial charge in [-0.1, -0.05) is 26.0 Å². The van der Waals surface area contributed by atoms with Gasteiger partial charge in [-0.05, 0) is 55.8 Å². The molecule has 0 aliphatic carbocycles. The first-order chi connectivity index (χ1) is 12.7. The van der Waals surface area contributed by atoms with Crippen molar-refractivity contribution in [2.45, 2.75) is 33.2 Å². The van der Waals surface area contributed by atoms with Crippen LogP contribution in [0.25, 0.3) is 0 Å². The molecule has 2 aromatic rings. The molecule has 0 unspecified atom stereocenters. The lowest BCUT2D eigenvalue weighted by molar-refractivity contribution is 0.102. The van der Waals surface area contributed by atoms with Crippen LogP contribution in [0.2, 0.25) is 0 Å². The fourth-order valence-corrected chi connectivity index (χ4v) is 3.21. The Morgan fingerprint density at radius 3 is 2.54 bits per heavy atom. The summed E-state index contributed by atoms with van der Waals surface area (Å²) < 4.78 is 0. The smallest absolute Gasteiger partial charge is 0.276 e. The fourth-order valence-electron chi connectivity index (χ4n) is 3.21. The number of aromatic nitrogens is 2. The Balaban J connectivity index is 1.64. The lowest BCUT2D eigenvalue weighted by Crippen LogP contribution is -2.22. The van der Waals surface area contributed by atoms with Crippen LogP contribution in [0.4, 0.5) is 11.5 Å². The number of carbonyl (C=O) groups excluding carboxylic acids is 1. The molecule has 6 nitrogen and oxygen atoms in total. The zero-order chi connectivity index (χ0) is 18.4. The number of amides is 1. The van der Waals surface area contributed by atoms with Crippen molar-refractivity contribution >= 4 is 17.4 Å². The van der Waals surface area contributed by atoms with E-state index in [1.54, 1.807) is 6.07 Å². The van der Waals surface area contributed by atoms with Crippen LogP contribution in [-0.4, -0.2) is 47.2 Å². The van der Waals surface area contributed by atoms with Gasteiger partial charge in [-0.25, -0.2) is 0 Å². The minimum absolute atomic E-state index is 0.231. The quantitative estimate of drug-likeness (QED) is 0.828. The van der Waals surface area contributed by atoms with E-state index in [2.05, 4.69) is 45.2 Å². The minimum atomic E-state index is -0.231. The largest absolute Gasteiger partial charge is 0.355 e. The Morgan fingerprint density at radius 2 is 1.88 bits per heavy atom. The Kier molecular flexibility index (Phi) is 6.17. The summed E-state index contributed by atoms with van der Waals surface area (Å²) in [7, 11) is 0. The van der Waals surface area contributed by atoms with E-state index in [9.17, 15) is 4.79 Å². The highest BCUT2D eigenvalue weighted by Crippen LogP contribution is 2.17. The van der Waals surface area contributed by atoms with Gasteiger partial charge in [0.1, 0.15) is 0 Å². The number of benzene rings is 1. The van der Waals surface area contributed by atoms with E-state index in [4.69, 9.17) is 0 Å². The van der Waals surface area contributed by atoms with Crippen molar-refractivity contribution < 1.29 is 4.79 Å². The Hall–Kier alpha value is -2.47. The second-order valence-electron chi connectivity index (χ2n) is 6.59. The standard InChI is InChI=1S/C20H27N5O/c1-3-24(4-2)15-16-8-7-9-17(14-16)21-20(26)18-10-11-19(23-22-18)25-12-5-6-13-25/h7-11,14H,3-6,12-13,15H2,1-2H3,(H,21,26). The lowest BCUT2D eigenvalue weighted by Gasteiger charge is -2.18. The molecule has 0 bridgehead atoms. The molecule has 1 fully saturated rings. The van der Waals surface area contributed by atoms with Crippen LogP contribution in [0.1, 0.15) is 42.7 Å².